The SMILES string of the molecule is COc1ccc(NC(=O)c2c(C)c3ccccc3n2C)cc1Cl. The van der Waals surface area contributed by atoms with Gasteiger partial charge in [-0.3, -0.25) is 4.79 Å². The summed E-state index contributed by atoms with van der Waals surface area (Å²) in [4.78, 5) is 12.7. The summed E-state index contributed by atoms with van der Waals surface area (Å²) in [6.45, 7) is 1.96. The molecule has 0 saturated heterocycles. The second-order valence-corrected chi connectivity index (χ2v) is 5.76. The first-order valence-electron chi connectivity index (χ1n) is 7.22. The monoisotopic (exact) mass is 328 g/mol. The van der Waals surface area contributed by atoms with E-state index in [4.69, 9.17) is 16.3 Å². The average Bonchev–Trinajstić information content (AvgIpc) is 2.79. The van der Waals surface area contributed by atoms with Gasteiger partial charge < -0.3 is 14.6 Å². The Morgan fingerprint density at radius 3 is 2.61 bits per heavy atom. The second-order valence-electron chi connectivity index (χ2n) is 5.35. The van der Waals surface area contributed by atoms with Crippen molar-refractivity contribution in [2.75, 3.05) is 12.4 Å². The topological polar surface area (TPSA) is 43.3 Å². The van der Waals surface area contributed by atoms with E-state index in [1.807, 2.05) is 42.8 Å². The van der Waals surface area contributed by atoms with Gasteiger partial charge in [0.15, 0.2) is 0 Å². The Bertz CT molecular complexity index is 860. The highest BCUT2D eigenvalue weighted by atomic mass is 35.5. The van der Waals surface area contributed by atoms with Gasteiger partial charge in [-0.2, -0.15) is 0 Å². The first-order valence-corrected chi connectivity index (χ1v) is 7.59. The van der Waals surface area contributed by atoms with E-state index in [0.29, 0.717) is 22.2 Å². The molecule has 4 nitrogen and oxygen atoms in total. The summed E-state index contributed by atoms with van der Waals surface area (Å²) in [5.41, 5.74) is 3.26. The van der Waals surface area contributed by atoms with Crippen molar-refractivity contribution in [3.05, 3.63) is 58.7 Å². The number of nitrogens with one attached hydrogen (secondary N) is 1. The molecule has 1 N–H and O–H groups in total. The lowest BCUT2D eigenvalue weighted by Gasteiger charge is -2.09. The molecule has 2 aromatic carbocycles. The number of amides is 1. The second kappa shape index (κ2) is 5.97. The van der Waals surface area contributed by atoms with Crippen LogP contribution in [0.4, 0.5) is 5.69 Å². The minimum Gasteiger partial charge on any atom is -0.495 e. The molecule has 0 aliphatic carbocycles. The molecule has 0 spiro atoms. The number of carbonyl (C=O) groups is 1. The van der Waals surface area contributed by atoms with Gasteiger partial charge in [-0.25, -0.2) is 0 Å². The van der Waals surface area contributed by atoms with Crippen molar-refractivity contribution in [3.63, 3.8) is 0 Å². The van der Waals surface area contributed by atoms with E-state index in [2.05, 4.69) is 5.32 Å². The summed E-state index contributed by atoms with van der Waals surface area (Å²) in [6, 6.07) is 13.1. The van der Waals surface area contributed by atoms with Gasteiger partial charge in [-0.1, -0.05) is 29.8 Å². The quantitative estimate of drug-likeness (QED) is 0.774. The van der Waals surface area contributed by atoms with Crippen LogP contribution in [0.3, 0.4) is 0 Å². The maximum absolute atomic E-state index is 12.7. The number of anilines is 1. The molecule has 23 heavy (non-hydrogen) atoms. The summed E-state index contributed by atoms with van der Waals surface area (Å²) in [5, 5.41) is 4.43. The molecule has 5 heteroatoms. The Morgan fingerprint density at radius 2 is 1.96 bits per heavy atom. The molecule has 1 amide bonds. The zero-order chi connectivity index (χ0) is 16.6. The summed E-state index contributed by atoms with van der Waals surface area (Å²) in [6.07, 6.45) is 0. The van der Waals surface area contributed by atoms with Gasteiger partial charge in [0.05, 0.1) is 12.1 Å². The van der Waals surface area contributed by atoms with E-state index in [-0.39, 0.29) is 5.91 Å². The highest BCUT2D eigenvalue weighted by molar-refractivity contribution is 6.32. The number of benzene rings is 2. The van der Waals surface area contributed by atoms with Crippen LogP contribution in [-0.4, -0.2) is 17.6 Å². The molecule has 0 atom stereocenters. The minimum absolute atomic E-state index is 0.164. The number of aromatic nitrogens is 1. The van der Waals surface area contributed by atoms with E-state index < -0.39 is 0 Å². The Balaban J connectivity index is 1.97. The van der Waals surface area contributed by atoms with Crippen molar-refractivity contribution in [1.82, 2.24) is 4.57 Å². The van der Waals surface area contributed by atoms with Crippen LogP contribution < -0.4 is 10.1 Å². The lowest BCUT2D eigenvalue weighted by Crippen LogP contribution is -2.16. The smallest absolute Gasteiger partial charge is 0.272 e. The highest BCUT2D eigenvalue weighted by Gasteiger charge is 2.18. The molecule has 0 unspecified atom stereocenters. The standard InChI is InChI=1S/C18H17ClN2O2/c1-11-13-6-4-5-7-15(13)21(2)17(11)18(22)20-12-8-9-16(23-3)14(19)10-12/h4-10H,1-3H3,(H,20,22). The van der Waals surface area contributed by atoms with Crippen molar-refractivity contribution in [1.29, 1.82) is 0 Å². The van der Waals surface area contributed by atoms with E-state index in [1.165, 1.54) is 0 Å². The van der Waals surface area contributed by atoms with E-state index in [0.717, 1.165) is 16.5 Å². The average molecular weight is 329 g/mol. The number of halogens is 1. The van der Waals surface area contributed by atoms with Crippen LogP contribution in [-0.2, 0) is 7.05 Å². The summed E-state index contributed by atoms with van der Waals surface area (Å²) in [5.74, 6) is 0.410. The summed E-state index contributed by atoms with van der Waals surface area (Å²) >= 11 is 6.10. The van der Waals surface area contributed by atoms with Crippen LogP contribution in [0.25, 0.3) is 10.9 Å². The van der Waals surface area contributed by atoms with E-state index in [1.54, 1.807) is 25.3 Å². The number of aryl methyl sites for hydroxylation is 2. The van der Waals surface area contributed by atoms with Gasteiger partial charge in [-0.15, -0.1) is 0 Å². The molecule has 3 aromatic rings. The first kappa shape index (κ1) is 15.4. The fourth-order valence-corrected chi connectivity index (χ4v) is 3.10. The van der Waals surface area contributed by atoms with Crippen LogP contribution in [0.1, 0.15) is 16.1 Å². The molecule has 3 rings (SSSR count). The molecule has 1 heterocycles. The van der Waals surface area contributed by atoms with Gasteiger partial charge in [0.1, 0.15) is 11.4 Å². The first-order chi connectivity index (χ1) is 11.0. The summed E-state index contributed by atoms with van der Waals surface area (Å²) < 4.78 is 7.03. The number of hydrogen-bond donors (Lipinski definition) is 1. The molecule has 0 fully saturated rings. The number of para-hydroxylation sites is 1. The van der Waals surface area contributed by atoms with Crippen molar-refractivity contribution in [3.8, 4) is 5.75 Å². The van der Waals surface area contributed by atoms with Gasteiger partial charge in [0, 0.05) is 23.6 Å². The molecule has 118 valence electrons. The van der Waals surface area contributed by atoms with Crippen LogP contribution in [0.2, 0.25) is 5.02 Å². The molecule has 0 saturated carbocycles. The zero-order valence-corrected chi connectivity index (χ0v) is 13.9. The zero-order valence-electron chi connectivity index (χ0n) is 13.2. The fraction of sp³-hybridized carbons (Fsp3) is 0.167. The van der Waals surface area contributed by atoms with Crippen LogP contribution >= 0.6 is 11.6 Å². The fourth-order valence-electron chi connectivity index (χ4n) is 2.84. The summed E-state index contributed by atoms with van der Waals surface area (Å²) in [7, 11) is 3.45. The van der Waals surface area contributed by atoms with Gasteiger partial charge in [-0.05, 0) is 36.8 Å². The lowest BCUT2D eigenvalue weighted by molar-refractivity contribution is 0.101. The Morgan fingerprint density at radius 1 is 1.22 bits per heavy atom. The van der Waals surface area contributed by atoms with Crippen molar-refractivity contribution < 1.29 is 9.53 Å². The number of ether oxygens (including phenoxy) is 1. The van der Waals surface area contributed by atoms with Crippen LogP contribution in [0.5, 0.6) is 5.75 Å². The number of hydrogen-bond acceptors (Lipinski definition) is 2. The maximum atomic E-state index is 12.7. The van der Waals surface area contributed by atoms with Crippen molar-refractivity contribution in [2.24, 2.45) is 7.05 Å². The largest absolute Gasteiger partial charge is 0.495 e. The molecule has 0 bridgehead atoms. The third-order valence-electron chi connectivity index (χ3n) is 3.98. The molecule has 0 aliphatic rings. The predicted molar refractivity (Wildman–Crippen MR) is 93.6 cm³/mol. The van der Waals surface area contributed by atoms with Gasteiger partial charge in [0.25, 0.3) is 5.91 Å². The lowest BCUT2D eigenvalue weighted by atomic mass is 10.1. The number of rotatable bonds is 3. The molecule has 0 radical (unpaired) electrons. The minimum atomic E-state index is -0.164. The van der Waals surface area contributed by atoms with Crippen LogP contribution in [0.15, 0.2) is 42.5 Å². The normalized spacial score (nSPS) is 10.8. The van der Waals surface area contributed by atoms with E-state index >= 15 is 0 Å². The van der Waals surface area contributed by atoms with Gasteiger partial charge in [0.2, 0.25) is 0 Å². The number of carbonyl (C=O) groups excluding carboxylic acids is 1. The Kier molecular flexibility index (Phi) is 4.01. The number of fused-ring (bicyclic) bond motifs is 1. The van der Waals surface area contributed by atoms with Crippen molar-refractivity contribution in [2.45, 2.75) is 6.92 Å². The van der Waals surface area contributed by atoms with Crippen LogP contribution in [0, 0.1) is 6.92 Å². The Hall–Kier alpha value is -2.46. The molecule has 1 aromatic heterocycles. The number of nitrogens with zero attached hydrogens (tertiary/aromatic N) is 1. The molecular weight excluding hydrogens is 312 g/mol. The maximum Gasteiger partial charge on any atom is 0.272 e. The van der Waals surface area contributed by atoms with Gasteiger partial charge >= 0.3 is 0 Å². The third-order valence-corrected chi connectivity index (χ3v) is 4.28. The Labute approximate surface area is 139 Å². The van der Waals surface area contributed by atoms with E-state index in [9.17, 15) is 4.79 Å². The highest BCUT2D eigenvalue weighted by Crippen LogP contribution is 2.29. The predicted octanol–water partition coefficient (Wildman–Crippen LogP) is 4.40. The number of methoxy groups -OCH3 is 1. The molecule has 0 aliphatic heterocycles. The molecular formula is C18H17ClN2O2. The third kappa shape index (κ3) is 2.66. The van der Waals surface area contributed by atoms with Crippen molar-refractivity contribution >= 4 is 34.1 Å².